The summed E-state index contributed by atoms with van der Waals surface area (Å²) in [6, 6.07) is 28.2. The topological polar surface area (TPSA) is 284 Å². The van der Waals surface area contributed by atoms with Crippen LogP contribution in [0.15, 0.2) is 102 Å². The van der Waals surface area contributed by atoms with E-state index in [-0.39, 0.29) is 5.69 Å². The number of aryl methyl sites for hydroxylation is 4. The van der Waals surface area contributed by atoms with Crippen molar-refractivity contribution < 1.29 is 42.8 Å². The van der Waals surface area contributed by atoms with Crippen molar-refractivity contribution in [2.75, 3.05) is 68.3 Å². The minimum atomic E-state index is -0.425. The van der Waals surface area contributed by atoms with Crippen molar-refractivity contribution in [2.24, 2.45) is 0 Å². The molecule has 0 bridgehead atoms. The minimum Gasteiger partial charge on any atom is -0.495 e. The van der Waals surface area contributed by atoms with Crippen molar-refractivity contribution in [3.63, 3.8) is 0 Å². The summed E-state index contributed by atoms with van der Waals surface area (Å²) in [4.78, 5) is 10.8. The molecule has 94 heavy (non-hydrogen) atoms. The Hall–Kier alpha value is -7.64. The summed E-state index contributed by atoms with van der Waals surface area (Å²) in [7, 11) is 12.4. The van der Waals surface area contributed by atoms with Crippen molar-refractivity contribution >= 4 is 126 Å². The number of ether oxygens (including phenoxy) is 8. The predicted molar refractivity (Wildman–Crippen MR) is 376 cm³/mol. The SMILES string of the molecule is COc1cc(OC)c(Cl)c(CCc2cc(-c3ccccc3N)n[nH]2)c1Cl.COc1cc(OC)c(Cl)c(CCc2cc(-c3ccccc3[N+](=O)[O-])n[nH]2)c1Cl.COc1cc(OC)c(Cl)c(CCc2cc(Br)n[nH]2)c1Cl.COc1cc(OC)c(Cl)c(CCc2cc(N)n[nH]2)c1Cl. The summed E-state index contributed by atoms with van der Waals surface area (Å²) < 4.78 is 42.9. The molecule has 10 aromatic rings. The first kappa shape index (κ1) is 73.8. The first-order chi connectivity index (χ1) is 45.1. The van der Waals surface area contributed by atoms with Crippen LogP contribution in [-0.2, 0) is 51.4 Å². The van der Waals surface area contributed by atoms with Crippen LogP contribution in [-0.4, -0.2) is 103 Å². The molecule has 0 saturated heterocycles. The first-order valence-electron chi connectivity index (χ1n) is 28.2. The second-order valence-electron chi connectivity index (χ2n) is 20.0. The van der Waals surface area contributed by atoms with Crippen LogP contribution in [0.25, 0.3) is 22.5 Å². The molecular formula is C64H64BrCl8N11O10. The molecule has 0 aliphatic heterocycles. The van der Waals surface area contributed by atoms with Crippen molar-refractivity contribution in [3.8, 4) is 68.5 Å². The maximum absolute atomic E-state index is 11.2. The third-order valence-corrected chi connectivity index (χ3v) is 18.1. The third-order valence-electron chi connectivity index (χ3n) is 14.4. The predicted octanol–water partition coefficient (Wildman–Crippen LogP) is 17.2. The number of aromatic nitrogens is 8. The van der Waals surface area contributed by atoms with Crippen LogP contribution >= 0.6 is 109 Å². The standard InChI is InChI=1S/C19H17Cl2N3O4.C19H19Cl2N3O2.C13H13BrCl2N2O2.C13H15Cl2N3O2/c1-27-16-10-17(28-2)19(21)13(18(16)20)8-7-11-9-14(23-22-11)12-5-3-4-6-15(12)24(25)26;1-25-16-10-17(26-2)19(21)13(18(16)20)8-7-11-9-15(24-23-11)12-5-3-4-6-14(12)22;1-19-9-6-10(20-2)13(16)8(12(9)15)4-3-7-5-11(14)18-17-7;1-19-9-6-10(20-2)13(15)8(12(9)14)4-3-7-5-11(16)18-17-7/h3-6,9-10H,7-8H2,1-2H3,(H,22,23);3-6,9-10H,7-8,22H2,1-2H3,(H,23,24);5-6H,3-4H2,1-2H3,(H,17,18);5-6H,3-4H2,1-2H3,(H3,16,17,18). The fourth-order valence-electron chi connectivity index (χ4n) is 9.47. The number of nitrogens with zero attached hydrogens (tertiary/aromatic N) is 5. The number of benzene rings is 6. The Morgan fingerprint density at radius 3 is 0.979 bits per heavy atom. The lowest BCUT2D eigenvalue weighted by Gasteiger charge is -2.14. The second-order valence-corrected chi connectivity index (χ2v) is 23.8. The van der Waals surface area contributed by atoms with Gasteiger partial charge in [-0.1, -0.05) is 123 Å². The van der Waals surface area contributed by atoms with E-state index in [1.54, 1.807) is 97.3 Å². The van der Waals surface area contributed by atoms with Gasteiger partial charge in [0.15, 0.2) is 0 Å². The lowest BCUT2D eigenvalue weighted by Crippen LogP contribution is -1.98. The van der Waals surface area contributed by atoms with E-state index in [9.17, 15) is 10.1 Å². The highest BCUT2D eigenvalue weighted by molar-refractivity contribution is 9.10. The van der Waals surface area contributed by atoms with Crippen LogP contribution in [0.3, 0.4) is 0 Å². The van der Waals surface area contributed by atoms with E-state index < -0.39 is 4.92 Å². The van der Waals surface area contributed by atoms with Crippen LogP contribution < -0.4 is 49.4 Å². The van der Waals surface area contributed by atoms with Gasteiger partial charge in [0.1, 0.15) is 56.4 Å². The molecule has 0 aliphatic rings. The number of halogens is 9. The molecule has 10 rings (SSSR count). The number of nitrogens with two attached hydrogens (primary N) is 2. The van der Waals surface area contributed by atoms with Crippen LogP contribution in [0.4, 0.5) is 17.2 Å². The molecule has 498 valence electrons. The van der Waals surface area contributed by atoms with Crippen molar-refractivity contribution in [3.05, 3.63) is 197 Å². The van der Waals surface area contributed by atoms with Crippen molar-refractivity contribution in [1.82, 2.24) is 40.8 Å². The van der Waals surface area contributed by atoms with Crippen LogP contribution in [0, 0.1) is 10.1 Å². The lowest BCUT2D eigenvalue weighted by molar-refractivity contribution is -0.384. The number of nitrogens with one attached hydrogen (secondary N) is 4. The molecule has 8 N–H and O–H groups in total. The number of nitro benzene ring substituents is 1. The zero-order valence-corrected chi connectivity index (χ0v) is 59.4. The van der Waals surface area contributed by atoms with Gasteiger partial charge in [-0.3, -0.25) is 30.5 Å². The number of aromatic amines is 4. The van der Waals surface area contributed by atoms with Gasteiger partial charge in [0.25, 0.3) is 5.69 Å². The molecule has 0 unspecified atom stereocenters. The molecule has 4 heterocycles. The molecule has 0 amide bonds. The summed E-state index contributed by atoms with van der Waals surface area (Å²) >= 11 is 54.2. The van der Waals surface area contributed by atoms with Gasteiger partial charge in [-0.2, -0.15) is 20.4 Å². The van der Waals surface area contributed by atoms with E-state index in [4.69, 9.17) is 142 Å². The highest BCUT2D eigenvalue weighted by Crippen LogP contribution is 2.45. The Morgan fingerprint density at radius 1 is 0.394 bits per heavy atom. The minimum absolute atomic E-state index is 0.00386. The van der Waals surface area contributed by atoms with E-state index in [0.29, 0.717) is 159 Å². The highest BCUT2D eigenvalue weighted by Gasteiger charge is 2.23. The monoisotopic (exact) mass is 1510 g/mol. The van der Waals surface area contributed by atoms with Gasteiger partial charge in [0, 0.05) is 70.4 Å². The summed E-state index contributed by atoms with van der Waals surface area (Å²) in [5.74, 6) is 4.64. The molecule has 0 atom stereocenters. The molecular weight excluding hydrogens is 1450 g/mol. The molecule has 4 aromatic heterocycles. The number of rotatable bonds is 23. The number of H-pyrrole nitrogens is 4. The Bertz CT molecular complexity index is 4000. The zero-order chi connectivity index (χ0) is 68.3. The van der Waals surface area contributed by atoms with Gasteiger partial charge < -0.3 is 49.4 Å². The number of nitro groups is 1. The second kappa shape index (κ2) is 35.2. The number of anilines is 2. The van der Waals surface area contributed by atoms with Gasteiger partial charge in [0.2, 0.25) is 0 Å². The molecule has 0 saturated carbocycles. The van der Waals surface area contributed by atoms with E-state index in [1.165, 1.54) is 20.3 Å². The summed E-state index contributed by atoms with van der Waals surface area (Å²) in [6.07, 6.45) is 5.01. The number of methoxy groups -OCH3 is 8. The van der Waals surface area contributed by atoms with E-state index in [2.05, 4.69) is 56.7 Å². The van der Waals surface area contributed by atoms with Crippen molar-refractivity contribution in [2.45, 2.75) is 51.4 Å². The normalized spacial score (nSPS) is 10.7. The molecule has 6 aromatic carbocycles. The van der Waals surface area contributed by atoms with E-state index in [0.717, 1.165) is 61.7 Å². The van der Waals surface area contributed by atoms with Crippen LogP contribution in [0.2, 0.25) is 40.2 Å². The zero-order valence-electron chi connectivity index (χ0n) is 51.8. The smallest absolute Gasteiger partial charge is 0.278 e. The van der Waals surface area contributed by atoms with Gasteiger partial charge in [0.05, 0.1) is 119 Å². The summed E-state index contributed by atoms with van der Waals surface area (Å²) in [6.45, 7) is 0. The average molecular weight is 1510 g/mol. The Kier molecular flexibility index (Phi) is 27.6. The number of nitrogen functional groups attached to an aromatic ring is 2. The number of hydrogen-bond acceptors (Lipinski definition) is 16. The largest absolute Gasteiger partial charge is 0.495 e. The molecule has 0 radical (unpaired) electrons. The summed E-state index contributed by atoms with van der Waals surface area (Å²) in [5, 5.41) is 43.2. The Labute approximate surface area is 590 Å². The van der Waals surface area contributed by atoms with Crippen LogP contribution in [0.1, 0.15) is 45.0 Å². The van der Waals surface area contributed by atoms with Gasteiger partial charge in [-0.15, -0.1) is 0 Å². The molecule has 0 fully saturated rings. The van der Waals surface area contributed by atoms with E-state index >= 15 is 0 Å². The lowest BCUT2D eigenvalue weighted by atomic mass is 10.1. The quantitative estimate of drug-likeness (QED) is 0.0197. The van der Waals surface area contributed by atoms with Gasteiger partial charge >= 0.3 is 0 Å². The molecule has 0 spiro atoms. The third kappa shape index (κ3) is 18.4. The van der Waals surface area contributed by atoms with Gasteiger partial charge in [-0.25, -0.2) is 0 Å². The van der Waals surface area contributed by atoms with E-state index in [1.807, 2.05) is 36.4 Å². The van der Waals surface area contributed by atoms with Crippen molar-refractivity contribution in [1.29, 1.82) is 0 Å². The molecule has 0 aliphatic carbocycles. The highest BCUT2D eigenvalue weighted by atomic mass is 79.9. The maximum Gasteiger partial charge on any atom is 0.278 e. The summed E-state index contributed by atoms with van der Waals surface area (Å²) in [5.41, 5.74) is 21.6. The Morgan fingerprint density at radius 2 is 0.681 bits per heavy atom. The van der Waals surface area contributed by atoms with Crippen LogP contribution in [0.5, 0.6) is 46.0 Å². The maximum atomic E-state index is 11.2. The average Bonchev–Trinajstić information content (AvgIpc) is 0.990. The first-order valence-corrected chi connectivity index (χ1v) is 32.0. The van der Waals surface area contributed by atoms with Gasteiger partial charge in [-0.05, 0) is 120 Å². The Balaban J connectivity index is 0.000000179. The fraction of sp³-hybridized carbons (Fsp3) is 0.250. The molecule has 21 nitrogen and oxygen atoms in total. The molecule has 30 heteroatoms. The number of para-hydroxylation sites is 2. The number of hydrogen-bond donors (Lipinski definition) is 6. The fourth-order valence-corrected chi connectivity index (χ4v) is 12.6.